The summed E-state index contributed by atoms with van der Waals surface area (Å²) in [6.45, 7) is 4.15. The SMILES string of the molecule is CC1NNCC1C(=O)N1CCC(c2nc(N(C)C)ncc2-c2ccc(F)cc2)CC1. The molecule has 7 nitrogen and oxygen atoms in total. The summed E-state index contributed by atoms with van der Waals surface area (Å²) in [5, 5.41) is 0. The molecule has 160 valence electrons. The highest BCUT2D eigenvalue weighted by atomic mass is 19.1. The van der Waals surface area contributed by atoms with Gasteiger partial charge < -0.3 is 9.80 Å². The van der Waals surface area contributed by atoms with Crippen molar-refractivity contribution in [2.75, 3.05) is 38.6 Å². The van der Waals surface area contributed by atoms with Crippen molar-refractivity contribution in [3.05, 3.63) is 42.0 Å². The Morgan fingerprint density at radius 3 is 2.50 bits per heavy atom. The van der Waals surface area contributed by atoms with Gasteiger partial charge in [-0.1, -0.05) is 12.1 Å². The van der Waals surface area contributed by atoms with Crippen LogP contribution in [0.5, 0.6) is 0 Å². The number of hydrogen-bond donors (Lipinski definition) is 2. The zero-order valence-electron chi connectivity index (χ0n) is 17.7. The first-order valence-electron chi connectivity index (χ1n) is 10.5. The molecular formula is C22H29FN6O. The average molecular weight is 413 g/mol. The Hall–Kier alpha value is -2.58. The van der Waals surface area contributed by atoms with Crippen LogP contribution < -0.4 is 15.8 Å². The maximum atomic E-state index is 13.4. The Morgan fingerprint density at radius 2 is 1.90 bits per heavy atom. The summed E-state index contributed by atoms with van der Waals surface area (Å²) in [5.74, 6) is 0.826. The maximum Gasteiger partial charge on any atom is 0.228 e. The van der Waals surface area contributed by atoms with Gasteiger partial charge in [-0.05, 0) is 37.5 Å². The number of carbonyl (C=O) groups is 1. The minimum Gasteiger partial charge on any atom is -0.347 e. The van der Waals surface area contributed by atoms with E-state index in [1.165, 1.54) is 12.1 Å². The number of anilines is 1. The van der Waals surface area contributed by atoms with E-state index in [0.29, 0.717) is 12.5 Å². The van der Waals surface area contributed by atoms with Crippen LogP contribution in [0.15, 0.2) is 30.5 Å². The third-order valence-corrected chi connectivity index (χ3v) is 6.13. The Balaban J connectivity index is 1.55. The Bertz CT molecular complexity index is 895. The minimum absolute atomic E-state index is 0.0179. The summed E-state index contributed by atoms with van der Waals surface area (Å²) in [7, 11) is 3.84. The maximum absolute atomic E-state index is 13.4. The number of amides is 1. The van der Waals surface area contributed by atoms with Gasteiger partial charge in [-0.15, -0.1) is 0 Å². The van der Waals surface area contributed by atoms with Crippen LogP contribution in [-0.2, 0) is 4.79 Å². The summed E-state index contributed by atoms with van der Waals surface area (Å²) in [6, 6.07) is 6.61. The number of benzene rings is 1. The topological polar surface area (TPSA) is 73.4 Å². The number of carbonyl (C=O) groups excluding carboxylic acids is 1. The molecule has 2 aromatic rings. The van der Waals surface area contributed by atoms with Gasteiger partial charge in [0.1, 0.15) is 5.82 Å². The third-order valence-electron chi connectivity index (χ3n) is 6.13. The van der Waals surface area contributed by atoms with Crippen LogP contribution in [0, 0.1) is 11.7 Å². The molecule has 0 aliphatic carbocycles. The molecule has 2 fully saturated rings. The van der Waals surface area contributed by atoms with Crippen molar-refractivity contribution in [1.29, 1.82) is 0 Å². The van der Waals surface area contributed by atoms with Crippen molar-refractivity contribution in [3.63, 3.8) is 0 Å². The minimum atomic E-state index is -0.261. The molecule has 2 aliphatic heterocycles. The number of nitrogens with zero attached hydrogens (tertiary/aromatic N) is 4. The van der Waals surface area contributed by atoms with E-state index in [-0.39, 0.29) is 29.6 Å². The smallest absolute Gasteiger partial charge is 0.228 e. The molecule has 2 unspecified atom stereocenters. The Morgan fingerprint density at radius 1 is 1.20 bits per heavy atom. The van der Waals surface area contributed by atoms with E-state index in [1.54, 1.807) is 12.1 Å². The fourth-order valence-electron chi connectivity index (χ4n) is 4.28. The molecule has 0 radical (unpaired) electrons. The highest BCUT2D eigenvalue weighted by Crippen LogP contribution is 2.35. The molecule has 1 aromatic carbocycles. The van der Waals surface area contributed by atoms with Gasteiger partial charge in [0.05, 0.1) is 11.6 Å². The van der Waals surface area contributed by atoms with Crippen LogP contribution in [0.1, 0.15) is 31.4 Å². The number of piperidine rings is 1. The van der Waals surface area contributed by atoms with Crippen LogP contribution in [0.4, 0.5) is 10.3 Å². The molecule has 30 heavy (non-hydrogen) atoms. The van der Waals surface area contributed by atoms with Crippen molar-refractivity contribution in [1.82, 2.24) is 25.7 Å². The number of aromatic nitrogens is 2. The molecule has 1 aromatic heterocycles. The molecule has 2 saturated heterocycles. The first-order chi connectivity index (χ1) is 14.4. The number of hydrogen-bond acceptors (Lipinski definition) is 6. The van der Waals surface area contributed by atoms with Gasteiger partial charge in [-0.2, -0.15) is 0 Å². The van der Waals surface area contributed by atoms with Crippen molar-refractivity contribution < 1.29 is 9.18 Å². The fraction of sp³-hybridized carbons (Fsp3) is 0.500. The van der Waals surface area contributed by atoms with Crippen molar-refractivity contribution in [3.8, 4) is 11.1 Å². The van der Waals surface area contributed by atoms with Gasteiger partial charge in [-0.3, -0.25) is 15.6 Å². The third kappa shape index (κ3) is 4.15. The summed E-state index contributed by atoms with van der Waals surface area (Å²) in [6.07, 6.45) is 3.54. The molecule has 2 aliphatic rings. The number of likely N-dealkylation sites (tertiary alicyclic amines) is 1. The lowest BCUT2D eigenvalue weighted by Crippen LogP contribution is -2.44. The first kappa shape index (κ1) is 20.7. The van der Waals surface area contributed by atoms with Crippen molar-refractivity contribution >= 4 is 11.9 Å². The predicted molar refractivity (Wildman–Crippen MR) is 114 cm³/mol. The molecular weight excluding hydrogens is 383 g/mol. The number of halogens is 1. The zero-order chi connectivity index (χ0) is 21.3. The number of hydrazine groups is 1. The second-order valence-electron chi connectivity index (χ2n) is 8.39. The molecule has 2 atom stereocenters. The van der Waals surface area contributed by atoms with Crippen molar-refractivity contribution in [2.24, 2.45) is 5.92 Å². The van der Waals surface area contributed by atoms with E-state index in [4.69, 9.17) is 4.98 Å². The predicted octanol–water partition coefficient (Wildman–Crippen LogP) is 2.17. The summed E-state index contributed by atoms with van der Waals surface area (Å²) in [5.41, 5.74) is 9.02. The molecule has 0 spiro atoms. The second kappa shape index (κ2) is 8.65. The average Bonchev–Trinajstić information content (AvgIpc) is 3.19. The fourth-order valence-corrected chi connectivity index (χ4v) is 4.28. The van der Waals surface area contributed by atoms with Crippen LogP contribution in [0.25, 0.3) is 11.1 Å². The molecule has 1 amide bonds. The van der Waals surface area contributed by atoms with E-state index in [9.17, 15) is 9.18 Å². The lowest BCUT2D eigenvalue weighted by molar-refractivity contribution is -0.136. The first-order valence-corrected chi connectivity index (χ1v) is 10.5. The van der Waals surface area contributed by atoms with Crippen molar-refractivity contribution in [2.45, 2.75) is 31.7 Å². The van der Waals surface area contributed by atoms with E-state index in [2.05, 4.69) is 15.8 Å². The standard InChI is InChI=1S/C22H29FN6O/c1-14-18(13-25-27-14)21(30)29-10-8-16(9-11-29)20-19(12-24-22(26-20)28(2)3)15-4-6-17(23)7-5-15/h4-7,12,14,16,18,25,27H,8-11,13H2,1-3H3. The summed E-state index contributed by atoms with van der Waals surface area (Å²) >= 11 is 0. The second-order valence-corrected chi connectivity index (χ2v) is 8.39. The lowest BCUT2D eigenvalue weighted by Gasteiger charge is -2.34. The molecule has 0 bridgehead atoms. The van der Waals surface area contributed by atoms with Crippen LogP contribution in [0.2, 0.25) is 0 Å². The molecule has 0 saturated carbocycles. The number of nitrogens with one attached hydrogen (secondary N) is 2. The summed E-state index contributed by atoms with van der Waals surface area (Å²) in [4.78, 5) is 26.1. The molecule has 4 rings (SSSR count). The largest absolute Gasteiger partial charge is 0.347 e. The van der Waals surface area contributed by atoms with E-state index < -0.39 is 0 Å². The normalized spacial score (nSPS) is 22.3. The quantitative estimate of drug-likeness (QED) is 0.802. The van der Waals surface area contributed by atoms with Gasteiger partial charge >= 0.3 is 0 Å². The molecule has 3 heterocycles. The highest BCUT2D eigenvalue weighted by molar-refractivity contribution is 5.80. The van der Waals surface area contributed by atoms with E-state index >= 15 is 0 Å². The molecule has 2 N–H and O–H groups in total. The monoisotopic (exact) mass is 412 g/mol. The van der Waals surface area contributed by atoms with Gasteiger partial charge in [0.25, 0.3) is 0 Å². The Kier molecular flexibility index (Phi) is 5.97. The van der Waals surface area contributed by atoms with Crippen LogP contribution in [-0.4, -0.2) is 60.5 Å². The van der Waals surface area contributed by atoms with Crippen LogP contribution in [0.3, 0.4) is 0 Å². The van der Waals surface area contributed by atoms with E-state index in [1.807, 2.05) is 37.0 Å². The molecule has 8 heteroatoms. The van der Waals surface area contributed by atoms with Gasteiger partial charge in [0.15, 0.2) is 0 Å². The Labute approximate surface area is 176 Å². The van der Waals surface area contributed by atoms with Gasteiger partial charge in [0, 0.05) is 57.4 Å². The van der Waals surface area contributed by atoms with Gasteiger partial charge in [-0.25, -0.2) is 14.4 Å². The van der Waals surface area contributed by atoms with Gasteiger partial charge in [0.2, 0.25) is 11.9 Å². The zero-order valence-corrected chi connectivity index (χ0v) is 17.7. The van der Waals surface area contributed by atoms with Crippen LogP contribution >= 0.6 is 0 Å². The van der Waals surface area contributed by atoms with E-state index in [0.717, 1.165) is 42.8 Å². The lowest BCUT2D eigenvalue weighted by atomic mass is 9.88. The summed E-state index contributed by atoms with van der Waals surface area (Å²) < 4.78 is 13.4. The number of rotatable bonds is 4. The highest BCUT2D eigenvalue weighted by Gasteiger charge is 2.35.